The van der Waals surface area contributed by atoms with Gasteiger partial charge in [-0.2, -0.15) is 0 Å². The van der Waals surface area contributed by atoms with E-state index in [1.54, 1.807) is 0 Å². The lowest BCUT2D eigenvalue weighted by Crippen LogP contribution is -2.18. The first kappa shape index (κ1) is 5.81. The van der Waals surface area contributed by atoms with Crippen LogP contribution in [0.5, 0.6) is 0 Å². The van der Waals surface area contributed by atoms with Crippen LogP contribution in [-0.4, -0.2) is 10.5 Å². The van der Waals surface area contributed by atoms with E-state index in [1.165, 1.54) is 19.4 Å². The number of nitrogens with zero attached hydrogens (tertiary/aromatic N) is 1. The molecule has 0 unspecified atom stereocenters. The van der Waals surface area contributed by atoms with Crippen LogP contribution in [0.4, 0.5) is 0 Å². The van der Waals surface area contributed by atoms with Crippen molar-refractivity contribution in [3.63, 3.8) is 0 Å². The summed E-state index contributed by atoms with van der Waals surface area (Å²) in [5.41, 5.74) is 0. The summed E-state index contributed by atoms with van der Waals surface area (Å²) in [5, 5.41) is 0. The molecule has 0 fully saturated rings. The molecule has 48 valence electrons. The molecule has 1 aromatic rings. The minimum atomic E-state index is -0.637. The summed E-state index contributed by atoms with van der Waals surface area (Å²) in [5.74, 6) is -0.976. The third-order valence-corrected chi connectivity index (χ3v) is 0.915. The van der Waals surface area contributed by atoms with Gasteiger partial charge in [-0.25, -0.2) is 9.36 Å². The number of carbonyl (C=O) groups is 1. The predicted octanol–water partition coefficient (Wildman–Crippen LogP) is 0.101. The van der Waals surface area contributed by atoms with Crippen molar-refractivity contribution in [2.45, 2.75) is 6.92 Å². The first-order valence-corrected chi connectivity index (χ1v) is 2.39. The molecule has 0 aliphatic carbocycles. The summed E-state index contributed by atoms with van der Waals surface area (Å²) < 4.78 is 5.20. The Morgan fingerprint density at radius 2 is 2.44 bits per heavy atom. The molecule has 0 radical (unpaired) electrons. The maximum Gasteiger partial charge on any atom is 0.425 e. The number of aromatic nitrogens is 1. The summed E-state index contributed by atoms with van der Waals surface area (Å²) in [6.07, 6.45) is 2.45. The molecule has 0 atom stereocenters. The van der Waals surface area contributed by atoms with E-state index in [-0.39, 0.29) is 5.91 Å². The van der Waals surface area contributed by atoms with E-state index in [2.05, 4.69) is 4.42 Å². The van der Waals surface area contributed by atoms with Gasteiger partial charge in [0, 0.05) is 6.92 Å². The van der Waals surface area contributed by atoms with Gasteiger partial charge in [0.1, 0.15) is 6.26 Å². The van der Waals surface area contributed by atoms with Crippen molar-refractivity contribution in [3.8, 4) is 0 Å². The van der Waals surface area contributed by atoms with E-state index in [0.29, 0.717) is 0 Å². The summed E-state index contributed by atoms with van der Waals surface area (Å²) >= 11 is 0. The molecule has 9 heavy (non-hydrogen) atoms. The summed E-state index contributed by atoms with van der Waals surface area (Å²) in [4.78, 5) is 20.9. The van der Waals surface area contributed by atoms with E-state index >= 15 is 0 Å². The maximum absolute atomic E-state index is 10.4. The van der Waals surface area contributed by atoms with Crippen molar-refractivity contribution in [2.24, 2.45) is 0 Å². The van der Waals surface area contributed by atoms with E-state index in [9.17, 15) is 9.59 Å². The van der Waals surface area contributed by atoms with E-state index < -0.39 is 5.76 Å². The molecule has 1 aromatic heterocycles. The molecule has 0 N–H and O–H groups in total. The fraction of sp³-hybridized carbons (Fsp3) is 0.200. The topological polar surface area (TPSA) is 52.2 Å². The van der Waals surface area contributed by atoms with Crippen LogP contribution in [0, 0.1) is 0 Å². The lowest BCUT2D eigenvalue weighted by atomic mass is 10.7. The molecule has 0 saturated heterocycles. The monoisotopic (exact) mass is 127 g/mol. The number of hydrogen-bond acceptors (Lipinski definition) is 3. The largest absolute Gasteiger partial charge is 0.425 e. The molecular weight excluding hydrogens is 122 g/mol. The van der Waals surface area contributed by atoms with E-state index in [4.69, 9.17) is 0 Å². The van der Waals surface area contributed by atoms with Crippen LogP contribution in [0.15, 0.2) is 21.7 Å². The molecule has 1 heterocycles. The van der Waals surface area contributed by atoms with Crippen LogP contribution in [0.1, 0.15) is 11.7 Å². The number of hydrogen-bond donors (Lipinski definition) is 0. The fourth-order valence-electron chi connectivity index (χ4n) is 0.501. The van der Waals surface area contributed by atoms with Crippen molar-refractivity contribution < 1.29 is 9.21 Å². The normalized spacial score (nSPS) is 9.44. The number of rotatable bonds is 0. The lowest BCUT2D eigenvalue weighted by molar-refractivity contribution is 0.0928. The molecule has 0 saturated carbocycles. The Labute approximate surface area is 50.7 Å². The molecule has 4 nitrogen and oxygen atoms in total. The van der Waals surface area contributed by atoms with Gasteiger partial charge in [-0.1, -0.05) is 0 Å². The standard InChI is InChI=1S/C5H5NO3/c1-4(7)6-2-3-9-5(6)8/h2-3H,1H3. The van der Waals surface area contributed by atoms with Gasteiger partial charge in [0.25, 0.3) is 0 Å². The van der Waals surface area contributed by atoms with Crippen LogP contribution in [0.25, 0.3) is 0 Å². The third-order valence-electron chi connectivity index (χ3n) is 0.915. The average Bonchev–Trinajstić information content (AvgIpc) is 2.13. The Kier molecular flexibility index (Phi) is 1.22. The highest BCUT2D eigenvalue weighted by molar-refractivity contribution is 5.75. The van der Waals surface area contributed by atoms with Crippen molar-refractivity contribution in [1.29, 1.82) is 0 Å². The number of carbonyl (C=O) groups excluding carboxylic acids is 1. The van der Waals surface area contributed by atoms with Gasteiger partial charge >= 0.3 is 5.76 Å². The minimum Gasteiger partial charge on any atom is -0.416 e. The van der Waals surface area contributed by atoms with Gasteiger partial charge < -0.3 is 4.42 Å². The Morgan fingerprint density at radius 3 is 2.67 bits per heavy atom. The zero-order valence-corrected chi connectivity index (χ0v) is 4.83. The van der Waals surface area contributed by atoms with Crippen LogP contribution in [-0.2, 0) is 0 Å². The van der Waals surface area contributed by atoms with Crippen LogP contribution in [0.3, 0.4) is 0 Å². The summed E-state index contributed by atoms with van der Waals surface area (Å²) in [6.45, 7) is 1.29. The fourth-order valence-corrected chi connectivity index (χ4v) is 0.501. The predicted molar refractivity (Wildman–Crippen MR) is 29.3 cm³/mol. The smallest absolute Gasteiger partial charge is 0.416 e. The second-order valence-electron chi connectivity index (χ2n) is 1.56. The van der Waals surface area contributed by atoms with Gasteiger partial charge in [-0.3, -0.25) is 4.79 Å². The Hall–Kier alpha value is -1.32. The highest BCUT2D eigenvalue weighted by Crippen LogP contribution is 1.79. The zero-order valence-electron chi connectivity index (χ0n) is 4.83. The van der Waals surface area contributed by atoms with Crippen molar-refractivity contribution >= 4 is 5.91 Å². The van der Waals surface area contributed by atoms with E-state index in [1.807, 2.05) is 0 Å². The van der Waals surface area contributed by atoms with Gasteiger partial charge in [0.2, 0.25) is 5.91 Å². The van der Waals surface area contributed by atoms with Gasteiger partial charge in [0.05, 0.1) is 6.20 Å². The van der Waals surface area contributed by atoms with Crippen molar-refractivity contribution in [1.82, 2.24) is 4.57 Å². The van der Waals surface area contributed by atoms with Gasteiger partial charge in [-0.15, -0.1) is 0 Å². The maximum atomic E-state index is 10.4. The SMILES string of the molecule is CC(=O)n1ccoc1=O. The molecule has 1 rings (SSSR count). The second-order valence-corrected chi connectivity index (χ2v) is 1.56. The highest BCUT2D eigenvalue weighted by Gasteiger charge is 1.99. The van der Waals surface area contributed by atoms with Gasteiger partial charge in [-0.05, 0) is 0 Å². The molecule has 0 amide bonds. The summed E-state index contributed by atoms with van der Waals surface area (Å²) in [6, 6.07) is 0. The van der Waals surface area contributed by atoms with Crippen molar-refractivity contribution in [3.05, 3.63) is 23.0 Å². The minimum absolute atomic E-state index is 0.339. The molecule has 0 aromatic carbocycles. The zero-order chi connectivity index (χ0) is 6.85. The summed E-state index contributed by atoms with van der Waals surface area (Å²) in [7, 11) is 0. The first-order valence-electron chi connectivity index (χ1n) is 2.39. The van der Waals surface area contributed by atoms with Gasteiger partial charge in [0.15, 0.2) is 0 Å². The molecular formula is C5H5NO3. The molecule has 0 bridgehead atoms. The molecule has 4 heteroatoms. The van der Waals surface area contributed by atoms with Crippen LogP contribution >= 0.6 is 0 Å². The molecule has 0 aliphatic rings. The first-order chi connectivity index (χ1) is 4.22. The molecule has 0 aliphatic heterocycles. The van der Waals surface area contributed by atoms with E-state index in [0.717, 1.165) is 4.57 Å². The van der Waals surface area contributed by atoms with Crippen LogP contribution < -0.4 is 5.76 Å². The lowest BCUT2D eigenvalue weighted by Gasteiger charge is -1.84. The van der Waals surface area contributed by atoms with Crippen LogP contribution in [0.2, 0.25) is 0 Å². The Bertz CT molecular complexity index is 270. The molecule has 0 spiro atoms. The quantitative estimate of drug-likeness (QED) is 0.496. The highest BCUT2D eigenvalue weighted by atomic mass is 16.4. The second kappa shape index (κ2) is 1.89. The average molecular weight is 127 g/mol. The van der Waals surface area contributed by atoms with Crippen molar-refractivity contribution in [2.75, 3.05) is 0 Å². The Balaban J connectivity index is 3.24. The Morgan fingerprint density at radius 1 is 1.78 bits per heavy atom. The number of oxazole rings is 1. The third kappa shape index (κ3) is 0.910.